The maximum absolute atomic E-state index is 12.0. The average Bonchev–Trinajstić information content (AvgIpc) is 2.60. The third-order valence-corrected chi connectivity index (χ3v) is 3.43. The van der Waals surface area contributed by atoms with Gasteiger partial charge in [0, 0.05) is 0 Å². The molecule has 1 aliphatic heterocycles. The lowest BCUT2D eigenvalue weighted by atomic mass is 9.99. The van der Waals surface area contributed by atoms with Crippen molar-refractivity contribution in [2.24, 2.45) is 0 Å². The molecule has 4 amide bonds. The van der Waals surface area contributed by atoms with E-state index < -0.39 is 23.4 Å². The summed E-state index contributed by atoms with van der Waals surface area (Å²) in [7, 11) is 0. The first-order valence-electron chi connectivity index (χ1n) is 6.42. The zero-order valence-electron chi connectivity index (χ0n) is 11.5. The number of hydrogen-bond acceptors (Lipinski definition) is 4. The number of hydrogen-bond donors (Lipinski definition) is 3. The lowest BCUT2D eigenvalue weighted by Gasteiger charge is -2.20. The number of rotatable bonds is 6. The summed E-state index contributed by atoms with van der Waals surface area (Å²) in [5, 5.41) is 14.1. The number of aliphatic hydroxyl groups is 1. The van der Waals surface area contributed by atoms with E-state index in [1.165, 1.54) is 0 Å². The van der Waals surface area contributed by atoms with Gasteiger partial charge >= 0.3 is 6.03 Å². The van der Waals surface area contributed by atoms with Crippen molar-refractivity contribution in [2.75, 3.05) is 13.2 Å². The van der Waals surface area contributed by atoms with Crippen LogP contribution in [-0.4, -0.2) is 52.6 Å². The van der Waals surface area contributed by atoms with Gasteiger partial charge in [-0.1, -0.05) is 13.8 Å². The molecule has 1 rings (SSSR count). The third-order valence-electron chi connectivity index (χ3n) is 3.43. The lowest BCUT2D eigenvalue weighted by molar-refractivity contribution is -0.134. The van der Waals surface area contributed by atoms with Gasteiger partial charge in [0.15, 0.2) is 0 Å². The van der Waals surface area contributed by atoms with Crippen LogP contribution in [-0.2, 0) is 9.59 Å². The molecule has 2 unspecified atom stereocenters. The Morgan fingerprint density at radius 3 is 2.53 bits per heavy atom. The Morgan fingerprint density at radius 2 is 2.11 bits per heavy atom. The maximum atomic E-state index is 12.0. The van der Waals surface area contributed by atoms with Gasteiger partial charge in [0.1, 0.15) is 12.1 Å². The van der Waals surface area contributed by atoms with Crippen molar-refractivity contribution in [3.05, 3.63) is 0 Å². The Labute approximate surface area is 112 Å². The molecular weight excluding hydrogens is 250 g/mol. The Hall–Kier alpha value is -1.63. The highest BCUT2D eigenvalue weighted by Gasteiger charge is 2.46. The molecule has 0 bridgehead atoms. The maximum Gasteiger partial charge on any atom is 0.325 e. The zero-order valence-corrected chi connectivity index (χ0v) is 11.5. The highest BCUT2D eigenvalue weighted by Crippen LogP contribution is 2.20. The summed E-state index contributed by atoms with van der Waals surface area (Å²) in [6.45, 7) is 4.75. The number of carbonyl (C=O) groups excluding carboxylic acids is 3. The number of imide groups is 1. The second kappa shape index (κ2) is 6.01. The number of nitrogens with one attached hydrogen (secondary N) is 2. The molecule has 0 aliphatic carbocycles. The summed E-state index contributed by atoms with van der Waals surface area (Å²) in [5.41, 5.74) is -0.932. The first-order valence-corrected chi connectivity index (χ1v) is 6.42. The van der Waals surface area contributed by atoms with E-state index in [9.17, 15) is 14.4 Å². The fourth-order valence-corrected chi connectivity index (χ4v) is 1.82. The molecule has 19 heavy (non-hydrogen) atoms. The van der Waals surface area contributed by atoms with Gasteiger partial charge in [0.05, 0.1) is 12.6 Å². The molecule has 3 N–H and O–H groups in total. The van der Waals surface area contributed by atoms with Gasteiger partial charge in [-0.05, 0) is 19.8 Å². The Bertz CT molecular complexity index is 381. The van der Waals surface area contributed by atoms with Crippen molar-refractivity contribution >= 4 is 17.8 Å². The molecule has 2 atom stereocenters. The first kappa shape index (κ1) is 15.4. The van der Waals surface area contributed by atoms with Crippen molar-refractivity contribution < 1.29 is 19.5 Å². The summed E-state index contributed by atoms with van der Waals surface area (Å²) in [5.74, 6) is -0.850. The molecule has 7 nitrogen and oxygen atoms in total. The summed E-state index contributed by atoms with van der Waals surface area (Å²) < 4.78 is 0. The minimum absolute atomic E-state index is 0.172. The smallest absolute Gasteiger partial charge is 0.325 e. The van der Waals surface area contributed by atoms with Crippen LogP contribution in [0.25, 0.3) is 0 Å². The monoisotopic (exact) mass is 271 g/mol. The summed E-state index contributed by atoms with van der Waals surface area (Å²) in [6, 6.07) is -0.910. The van der Waals surface area contributed by atoms with E-state index >= 15 is 0 Å². The van der Waals surface area contributed by atoms with Gasteiger partial charge in [0.2, 0.25) is 5.91 Å². The minimum Gasteiger partial charge on any atom is -0.394 e. The second-order valence-electron chi connectivity index (χ2n) is 4.86. The van der Waals surface area contributed by atoms with E-state index in [-0.39, 0.29) is 19.2 Å². The predicted molar refractivity (Wildman–Crippen MR) is 68.2 cm³/mol. The zero-order chi connectivity index (χ0) is 14.6. The van der Waals surface area contributed by atoms with Crippen LogP contribution in [0, 0.1) is 0 Å². The molecule has 108 valence electrons. The molecule has 1 fully saturated rings. The highest BCUT2D eigenvalue weighted by molar-refractivity contribution is 6.08. The van der Waals surface area contributed by atoms with Crippen molar-refractivity contribution in [2.45, 2.75) is 45.2 Å². The van der Waals surface area contributed by atoms with Gasteiger partial charge < -0.3 is 15.7 Å². The highest BCUT2D eigenvalue weighted by atomic mass is 16.3. The number of carbonyl (C=O) groups is 3. The second-order valence-corrected chi connectivity index (χ2v) is 4.86. The van der Waals surface area contributed by atoms with E-state index in [1.807, 2.05) is 6.92 Å². The molecule has 0 radical (unpaired) electrons. The van der Waals surface area contributed by atoms with Crippen LogP contribution in [0.3, 0.4) is 0 Å². The summed E-state index contributed by atoms with van der Waals surface area (Å²) >= 11 is 0. The lowest BCUT2D eigenvalue weighted by Crippen LogP contribution is -2.46. The standard InChI is InChI=1S/C12H21N3O4/c1-4-8(7-16)13-9(17)6-15-10(18)12(3,5-2)14-11(15)19/h8,16H,4-7H2,1-3H3,(H,13,17)(H,14,19). The molecule has 0 aromatic heterocycles. The molecule has 1 saturated heterocycles. The van der Waals surface area contributed by atoms with Gasteiger partial charge in [-0.15, -0.1) is 0 Å². The van der Waals surface area contributed by atoms with E-state index in [0.29, 0.717) is 12.8 Å². The summed E-state index contributed by atoms with van der Waals surface area (Å²) in [6.07, 6.45) is 1.04. The largest absolute Gasteiger partial charge is 0.394 e. The normalized spacial score (nSPS) is 24.3. The fraction of sp³-hybridized carbons (Fsp3) is 0.750. The molecule has 7 heteroatoms. The average molecular weight is 271 g/mol. The van der Waals surface area contributed by atoms with Crippen LogP contribution < -0.4 is 10.6 Å². The van der Waals surface area contributed by atoms with E-state index in [0.717, 1.165) is 4.90 Å². The molecule has 1 aliphatic rings. The minimum atomic E-state index is -0.932. The summed E-state index contributed by atoms with van der Waals surface area (Å²) in [4.78, 5) is 36.4. The van der Waals surface area contributed by atoms with Crippen molar-refractivity contribution in [3.8, 4) is 0 Å². The molecule has 0 aromatic rings. The Morgan fingerprint density at radius 1 is 1.47 bits per heavy atom. The van der Waals surface area contributed by atoms with Crippen LogP contribution in [0.1, 0.15) is 33.6 Å². The first-order chi connectivity index (χ1) is 8.87. The van der Waals surface area contributed by atoms with Gasteiger partial charge in [-0.25, -0.2) is 4.79 Å². The van der Waals surface area contributed by atoms with Crippen LogP contribution in [0.15, 0.2) is 0 Å². The van der Waals surface area contributed by atoms with Crippen LogP contribution in [0.2, 0.25) is 0 Å². The van der Waals surface area contributed by atoms with E-state index in [1.54, 1.807) is 13.8 Å². The SMILES string of the molecule is CCC(CO)NC(=O)CN1C(=O)NC(C)(CC)C1=O. The topological polar surface area (TPSA) is 98.7 Å². The van der Waals surface area contributed by atoms with Gasteiger partial charge in [0.25, 0.3) is 5.91 Å². The molecular formula is C12H21N3O4. The predicted octanol–water partition coefficient (Wildman–Crippen LogP) is -0.406. The Balaban J connectivity index is 2.65. The van der Waals surface area contributed by atoms with Crippen LogP contribution in [0.4, 0.5) is 4.79 Å². The van der Waals surface area contributed by atoms with Crippen molar-refractivity contribution in [1.82, 2.24) is 15.5 Å². The molecule has 0 spiro atoms. The molecule has 0 saturated carbocycles. The fourth-order valence-electron chi connectivity index (χ4n) is 1.82. The van der Waals surface area contributed by atoms with Crippen LogP contribution in [0.5, 0.6) is 0 Å². The van der Waals surface area contributed by atoms with Crippen molar-refractivity contribution in [3.63, 3.8) is 0 Å². The van der Waals surface area contributed by atoms with Gasteiger partial charge in [-0.3, -0.25) is 14.5 Å². The number of amides is 4. The molecule has 0 aromatic carbocycles. The number of aliphatic hydroxyl groups excluding tert-OH is 1. The van der Waals surface area contributed by atoms with E-state index in [4.69, 9.17) is 5.11 Å². The quantitative estimate of drug-likeness (QED) is 0.572. The molecule has 1 heterocycles. The third kappa shape index (κ3) is 3.23. The Kier molecular flexibility index (Phi) is 4.88. The number of urea groups is 1. The van der Waals surface area contributed by atoms with Crippen molar-refractivity contribution in [1.29, 1.82) is 0 Å². The van der Waals surface area contributed by atoms with Gasteiger partial charge in [-0.2, -0.15) is 0 Å². The number of nitrogens with zero attached hydrogens (tertiary/aromatic N) is 1. The van der Waals surface area contributed by atoms with Crippen LogP contribution >= 0.6 is 0 Å². The van der Waals surface area contributed by atoms with E-state index in [2.05, 4.69) is 10.6 Å².